The van der Waals surface area contributed by atoms with E-state index in [9.17, 15) is 8.42 Å². The van der Waals surface area contributed by atoms with Gasteiger partial charge >= 0.3 is 0 Å². The molecule has 0 unspecified atom stereocenters. The molecule has 0 amide bonds. The molecule has 1 aromatic carbocycles. The van der Waals surface area contributed by atoms with Crippen LogP contribution in [0.25, 0.3) is 0 Å². The molecule has 0 aliphatic carbocycles. The van der Waals surface area contributed by atoms with E-state index in [1.807, 2.05) is 0 Å². The smallest absolute Gasteiger partial charge is 0.175 e. The molecule has 0 saturated heterocycles. The number of hydrogen-bond acceptors (Lipinski definition) is 5. The summed E-state index contributed by atoms with van der Waals surface area (Å²) in [6.45, 7) is 0.174. The van der Waals surface area contributed by atoms with Crippen molar-refractivity contribution in [1.29, 1.82) is 0 Å². The second-order valence-electron chi connectivity index (χ2n) is 3.06. The summed E-state index contributed by atoms with van der Waals surface area (Å²) in [5, 5.41) is 0. The van der Waals surface area contributed by atoms with Crippen molar-refractivity contribution in [3.05, 3.63) is 23.8 Å². The zero-order chi connectivity index (χ0) is 11.5. The number of sulfone groups is 1. The van der Waals surface area contributed by atoms with Crippen LogP contribution in [0.2, 0.25) is 0 Å². The Labute approximate surface area is 88.7 Å². The maximum Gasteiger partial charge on any atom is 0.175 e. The Kier molecular flexibility index (Phi) is 3.67. The van der Waals surface area contributed by atoms with Gasteiger partial charge in [-0.3, -0.25) is 4.84 Å². The SMILES string of the molecule is COc1cc(S(C)(=O)=O)ccc1CON. The molecular weight excluding hydrogens is 218 g/mol. The largest absolute Gasteiger partial charge is 0.496 e. The molecule has 1 rings (SSSR count). The molecule has 84 valence electrons. The van der Waals surface area contributed by atoms with Gasteiger partial charge in [-0.15, -0.1) is 0 Å². The Hall–Kier alpha value is -1.11. The molecule has 2 N–H and O–H groups in total. The highest BCUT2D eigenvalue weighted by Crippen LogP contribution is 2.23. The molecule has 0 atom stereocenters. The Balaban J connectivity index is 3.19. The van der Waals surface area contributed by atoms with Crippen molar-refractivity contribution in [2.75, 3.05) is 13.4 Å². The van der Waals surface area contributed by atoms with Crippen molar-refractivity contribution >= 4 is 9.84 Å². The van der Waals surface area contributed by atoms with Crippen LogP contribution in [0.4, 0.5) is 0 Å². The topological polar surface area (TPSA) is 78.6 Å². The number of hydrogen-bond donors (Lipinski definition) is 1. The van der Waals surface area contributed by atoms with Crippen molar-refractivity contribution in [1.82, 2.24) is 0 Å². The van der Waals surface area contributed by atoms with Crippen LogP contribution < -0.4 is 10.6 Å². The summed E-state index contributed by atoms with van der Waals surface area (Å²) in [5.74, 6) is 5.38. The first-order valence-corrected chi connectivity index (χ1v) is 6.07. The third kappa shape index (κ3) is 2.92. The second kappa shape index (κ2) is 4.61. The van der Waals surface area contributed by atoms with E-state index in [-0.39, 0.29) is 11.5 Å². The summed E-state index contributed by atoms with van der Waals surface area (Å²) < 4.78 is 27.6. The molecule has 0 heterocycles. The lowest BCUT2D eigenvalue weighted by Crippen LogP contribution is -2.03. The van der Waals surface area contributed by atoms with Crippen LogP contribution in [-0.4, -0.2) is 21.8 Å². The van der Waals surface area contributed by atoms with E-state index in [4.69, 9.17) is 10.6 Å². The van der Waals surface area contributed by atoms with Gasteiger partial charge in [0, 0.05) is 11.8 Å². The van der Waals surface area contributed by atoms with Gasteiger partial charge < -0.3 is 4.74 Å². The molecule has 0 spiro atoms. The minimum atomic E-state index is -3.22. The van der Waals surface area contributed by atoms with Gasteiger partial charge in [-0.1, -0.05) is 6.07 Å². The number of rotatable bonds is 4. The quantitative estimate of drug-likeness (QED) is 0.763. The highest BCUT2D eigenvalue weighted by molar-refractivity contribution is 7.90. The molecule has 0 aliphatic rings. The van der Waals surface area contributed by atoms with Crippen LogP contribution in [0.3, 0.4) is 0 Å². The minimum Gasteiger partial charge on any atom is -0.496 e. The highest BCUT2D eigenvalue weighted by atomic mass is 32.2. The van der Waals surface area contributed by atoms with Crippen LogP contribution in [0.15, 0.2) is 23.1 Å². The van der Waals surface area contributed by atoms with Crippen molar-refractivity contribution in [2.45, 2.75) is 11.5 Å². The van der Waals surface area contributed by atoms with Gasteiger partial charge in [0.05, 0.1) is 18.6 Å². The number of nitrogens with two attached hydrogens (primary N) is 1. The first-order valence-electron chi connectivity index (χ1n) is 4.17. The van der Waals surface area contributed by atoms with Crippen LogP contribution in [0.5, 0.6) is 5.75 Å². The molecule has 1 aromatic rings. The third-order valence-corrected chi connectivity index (χ3v) is 3.04. The van der Waals surface area contributed by atoms with Crippen LogP contribution in [0, 0.1) is 0 Å². The highest BCUT2D eigenvalue weighted by Gasteiger charge is 2.11. The maximum atomic E-state index is 11.3. The van der Waals surface area contributed by atoms with Crippen molar-refractivity contribution < 1.29 is 18.0 Å². The van der Waals surface area contributed by atoms with E-state index in [1.54, 1.807) is 6.07 Å². The zero-order valence-electron chi connectivity index (χ0n) is 8.56. The van der Waals surface area contributed by atoms with E-state index in [0.29, 0.717) is 11.3 Å². The standard InChI is InChI=1S/C9H13NO4S/c1-13-9-5-8(15(2,11)12)4-3-7(9)6-14-10/h3-5H,6,10H2,1-2H3. The lowest BCUT2D eigenvalue weighted by Gasteiger charge is -2.08. The molecule has 0 fully saturated rings. The lowest BCUT2D eigenvalue weighted by molar-refractivity contribution is 0.122. The second-order valence-corrected chi connectivity index (χ2v) is 5.07. The monoisotopic (exact) mass is 231 g/mol. The van der Waals surface area contributed by atoms with Crippen molar-refractivity contribution in [2.24, 2.45) is 5.90 Å². The molecule has 0 aromatic heterocycles. The van der Waals surface area contributed by atoms with Crippen LogP contribution in [-0.2, 0) is 21.3 Å². The summed E-state index contributed by atoms with van der Waals surface area (Å²) in [6, 6.07) is 4.55. The Morgan fingerprint density at radius 2 is 2.07 bits per heavy atom. The molecule has 0 radical (unpaired) electrons. The maximum absolute atomic E-state index is 11.3. The van der Waals surface area contributed by atoms with Gasteiger partial charge in [-0.2, -0.15) is 0 Å². The molecule has 5 nitrogen and oxygen atoms in total. The average molecular weight is 231 g/mol. The Bertz CT molecular complexity index is 441. The molecule has 0 bridgehead atoms. The van der Waals surface area contributed by atoms with Crippen molar-refractivity contribution in [3.63, 3.8) is 0 Å². The van der Waals surface area contributed by atoms with Gasteiger partial charge in [-0.25, -0.2) is 14.3 Å². The first-order chi connectivity index (χ1) is 6.99. The van der Waals surface area contributed by atoms with Gasteiger partial charge in [0.2, 0.25) is 0 Å². The van der Waals surface area contributed by atoms with Gasteiger partial charge in [-0.05, 0) is 12.1 Å². The van der Waals surface area contributed by atoms with Crippen LogP contribution >= 0.6 is 0 Å². The summed E-state index contributed by atoms with van der Waals surface area (Å²) in [6.07, 6.45) is 1.14. The summed E-state index contributed by atoms with van der Waals surface area (Å²) in [7, 11) is -1.76. The van der Waals surface area contributed by atoms with E-state index >= 15 is 0 Å². The molecule has 6 heteroatoms. The van der Waals surface area contributed by atoms with E-state index in [2.05, 4.69) is 4.84 Å². The summed E-state index contributed by atoms with van der Waals surface area (Å²) in [5.41, 5.74) is 0.701. The van der Waals surface area contributed by atoms with Crippen molar-refractivity contribution in [3.8, 4) is 5.75 Å². The Morgan fingerprint density at radius 1 is 1.40 bits per heavy atom. The predicted molar refractivity (Wildman–Crippen MR) is 55.1 cm³/mol. The number of benzene rings is 1. The third-order valence-electron chi connectivity index (χ3n) is 1.93. The Morgan fingerprint density at radius 3 is 2.53 bits per heavy atom. The number of methoxy groups -OCH3 is 1. The fourth-order valence-corrected chi connectivity index (χ4v) is 1.80. The van der Waals surface area contributed by atoms with E-state index < -0.39 is 9.84 Å². The molecule has 15 heavy (non-hydrogen) atoms. The normalized spacial score (nSPS) is 11.4. The fourth-order valence-electron chi connectivity index (χ4n) is 1.16. The summed E-state index contributed by atoms with van der Waals surface area (Å²) >= 11 is 0. The van der Waals surface area contributed by atoms with Gasteiger partial charge in [0.25, 0.3) is 0 Å². The number of ether oxygens (including phenoxy) is 1. The lowest BCUT2D eigenvalue weighted by atomic mass is 10.2. The van der Waals surface area contributed by atoms with E-state index in [0.717, 1.165) is 6.26 Å². The van der Waals surface area contributed by atoms with Crippen LogP contribution in [0.1, 0.15) is 5.56 Å². The average Bonchev–Trinajstić information content (AvgIpc) is 2.17. The molecule has 0 saturated carbocycles. The van der Waals surface area contributed by atoms with Gasteiger partial charge in [0.15, 0.2) is 9.84 Å². The van der Waals surface area contributed by atoms with E-state index in [1.165, 1.54) is 19.2 Å². The zero-order valence-corrected chi connectivity index (χ0v) is 9.37. The first kappa shape index (κ1) is 12.0. The predicted octanol–water partition coefficient (Wildman–Crippen LogP) is 0.489. The van der Waals surface area contributed by atoms with Gasteiger partial charge in [0.1, 0.15) is 5.75 Å². The molecule has 0 aliphatic heterocycles. The molecular formula is C9H13NO4S. The minimum absolute atomic E-state index is 0.174. The summed E-state index contributed by atoms with van der Waals surface area (Å²) in [4.78, 5) is 4.67. The fraction of sp³-hybridized carbons (Fsp3) is 0.333.